The minimum atomic E-state index is 0.599. The van der Waals surface area contributed by atoms with E-state index in [-0.39, 0.29) is 0 Å². The fourth-order valence-corrected chi connectivity index (χ4v) is 1.70. The molecule has 0 amide bonds. The van der Waals surface area contributed by atoms with Crippen LogP contribution in [0.3, 0.4) is 0 Å². The highest BCUT2D eigenvalue weighted by Gasteiger charge is 2.06. The van der Waals surface area contributed by atoms with E-state index < -0.39 is 0 Å². The molecule has 2 N–H and O–H groups in total. The van der Waals surface area contributed by atoms with Gasteiger partial charge < -0.3 is 10.2 Å². The zero-order valence-corrected chi connectivity index (χ0v) is 7.47. The maximum atomic E-state index is 8.54. The van der Waals surface area contributed by atoms with Crippen LogP contribution in [-0.4, -0.2) is 0 Å². The van der Waals surface area contributed by atoms with Gasteiger partial charge in [0.2, 0.25) is 0 Å². The lowest BCUT2D eigenvalue weighted by Gasteiger charge is -1.98. The molecule has 64 valence electrons. The molecule has 4 heteroatoms. The number of fused-ring (bicyclic) bond motifs is 1. The van der Waals surface area contributed by atoms with Gasteiger partial charge in [0.15, 0.2) is 5.58 Å². The second kappa shape index (κ2) is 3.04. The SMILES string of the molecule is N#CSc1ccc(N)c2occc12. The van der Waals surface area contributed by atoms with Gasteiger partial charge >= 0.3 is 0 Å². The van der Waals surface area contributed by atoms with E-state index in [9.17, 15) is 0 Å². The molecule has 1 aromatic carbocycles. The molecule has 0 saturated heterocycles. The zero-order chi connectivity index (χ0) is 9.26. The van der Waals surface area contributed by atoms with E-state index in [0.29, 0.717) is 11.3 Å². The second-order valence-electron chi connectivity index (χ2n) is 2.51. The van der Waals surface area contributed by atoms with E-state index in [4.69, 9.17) is 15.4 Å². The molecule has 0 aliphatic carbocycles. The molecule has 1 heterocycles. The van der Waals surface area contributed by atoms with Gasteiger partial charge in [0, 0.05) is 10.3 Å². The molecule has 0 aliphatic rings. The first-order valence-corrected chi connectivity index (χ1v) is 4.46. The number of hydrogen-bond acceptors (Lipinski definition) is 4. The Morgan fingerprint density at radius 1 is 1.38 bits per heavy atom. The lowest BCUT2D eigenvalue weighted by molar-refractivity contribution is 0.617. The summed E-state index contributed by atoms with van der Waals surface area (Å²) in [7, 11) is 0. The Labute approximate surface area is 79.1 Å². The van der Waals surface area contributed by atoms with Crippen LogP contribution in [0, 0.1) is 10.7 Å². The third-order valence-corrected chi connectivity index (χ3v) is 2.43. The van der Waals surface area contributed by atoms with E-state index in [1.807, 2.05) is 17.5 Å². The van der Waals surface area contributed by atoms with Crippen LogP contribution < -0.4 is 5.73 Å². The van der Waals surface area contributed by atoms with E-state index >= 15 is 0 Å². The Balaban J connectivity index is 2.72. The van der Waals surface area contributed by atoms with Crippen LogP contribution in [0.4, 0.5) is 5.69 Å². The number of nitrogen functional groups attached to an aromatic ring is 1. The van der Waals surface area contributed by atoms with Gasteiger partial charge in [-0.25, -0.2) is 0 Å². The number of thioether (sulfide) groups is 1. The van der Waals surface area contributed by atoms with Crippen LogP contribution in [0.2, 0.25) is 0 Å². The van der Waals surface area contributed by atoms with Crippen molar-refractivity contribution in [3.05, 3.63) is 24.5 Å². The van der Waals surface area contributed by atoms with Crippen molar-refractivity contribution in [3.63, 3.8) is 0 Å². The summed E-state index contributed by atoms with van der Waals surface area (Å²) in [6.07, 6.45) is 1.57. The smallest absolute Gasteiger partial charge is 0.157 e. The third kappa shape index (κ3) is 1.23. The Bertz CT molecular complexity index is 484. The quantitative estimate of drug-likeness (QED) is 0.426. The standard InChI is InChI=1S/C9H6N2OS/c10-5-13-8-2-1-7(11)9-6(8)3-4-12-9/h1-4H,11H2. The molecular weight excluding hydrogens is 184 g/mol. The summed E-state index contributed by atoms with van der Waals surface area (Å²) in [6.45, 7) is 0. The van der Waals surface area contributed by atoms with Gasteiger partial charge in [0.1, 0.15) is 5.40 Å². The number of anilines is 1. The predicted molar refractivity (Wildman–Crippen MR) is 52.1 cm³/mol. The van der Waals surface area contributed by atoms with Crippen molar-refractivity contribution in [2.24, 2.45) is 0 Å². The minimum Gasteiger partial charge on any atom is -0.462 e. The monoisotopic (exact) mass is 190 g/mol. The summed E-state index contributed by atoms with van der Waals surface area (Å²) < 4.78 is 5.19. The molecule has 0 spiro atoms. The minimum absolute atomic E-state index is 0.599. The van der Waals surface area contributed by atoms with Crippen LogP contribution in [0.5, 0.6) is 0 Å². The normalized spacial score (nSPS) is 10.1. The molecule has 2 aromatic rings. The van der Waals surface area contributed by atoms with Crippen molar-refractivity contribution in [3.8, 4) is 5.40 Å². The van der Waals surface area contributed by atoms with Crippen LogP contribution in [-0.2, 0) is 0 Å². The molecule has 0 fully saturated rings. The molecule has 0 unspecified atom stereocenters. The first-order chi connectivity index (χ1) is 6.33. The average molecular weight is 190 g/mol. The van der Waals surface area contributed by atoms with Gasteiger partial charge in [-0.1, -0.05) is 0 Å². The molecule has 3 nitrogen and oxygen atoms in total. The van der Waals surface area contributed by atoms with E-state index in [0.717, 1.165) is 22.0 Å². The highest BCUT2D eigenvalue weighted by atomic mass is 32.2. The van der Waals surface area contributed by atoms with Crippen molar-refractivity contribution in [2.45, 2.75) is 4.90 Å². The summed E-state index contributed by atoms with van der Waals surface area (Å²) in [5.74, 6) is 0. The molecule has 0 bridgehead atoms. The van der Waals surface area contributed by atoms with Crippen LogP contribution in [0.25, 0.3) is 11.0 Å². The van der Waals surface area contributed by atoms with Gasteiger partial charge in [0.25, 0.3) is 0 Å². The number of nitriles is 1. The Hall–Kier alpha value is -1.60. The topological polar surface area (TPSA) is 63.0 Å². The summed E-state index contributed by atoms with van der Waals surface area (Å²) >= 11 is 1.11. The summed E-state index contributed by atoms with van der Waals surface area (Å²) in [6, 6.07) is 5.37. The second-order valence-corrected chi connectivity index (χ2v) is 3.34. The molecule has 13 heavy (non-hydrogen) atoms. The molecule has 0 saturated carbocycles. The lowest BCUT2D eigenvalue weighted by atomic mass is 10.2. The molecule has 0 atom stereocenters. The number of hydrogen-bond donors (Lipinski definition) is 1. The molecule has 1 aromatic heterocycles. The first-order valence-electron chi connectivity index (χ1n) is 3.64. The zero-order valence-electron chi connectivity index (χ0n) is 6.65. The van der Waals surface area contributed by atoms with Gasteiger partial charge in [-0.15, -0.1) is 0 Å². The summed E-state index contributed by atoms with van der Waals surface area (Å²) in [5.41, 5.74) is 6.93. The number of rotatable bonds is 1. The van der Waals surface area contributed by atoms with Gasteiger partial charge in [0.05, 0.1) is 12.0 Å². The highest BCUT2D eigenvalue weighted by molar-refractivity contribution is 8.04. The highest BCUT2D eigenvalue weighted by Crippen LogP contribution is 2.31. The van der Waals surface area contributed by atoms with Crippen molar-refractivity contribution in [2.75, 3.05) is 5.73 Å². The largest absolute Gasteiger partial charge is 0.462 e. The van der Waals surface area contributed by atoms with Gasteiger partial charge in [-0.3, -0.25) is 0 Å². The van der Waals surface area contributed by atoms with Crippen LogP contribution in [0.1, 0.15) is 0 Å². The predicted octanol–water partition coefficient (Wildman–Crippen LogP) is 2.59. The Morgan fingerprint density at radius 3 is 3.00 bits per heavy atom. The maximum absolute atomic E-state index is 8.54. The van der Waals surface area contributed by atoms with Crippen molar-refractivity contribution < 1.29 is 4.42 Å². The number of benzene rings is 1. The molecular formula is C9H6N2OS. The summed E-state index contributed by atoms with van der Waals surface area (Å²) in [5, 5.41) is 11.5. The van der Waals surface area contributed by atoms with Crippen molar-refractivity contribution in [1.29, 1.82) is 5.26 Å². The summed E-state index contributed by atoms with van der Waals surface area (Å²) in [4.78, 5) is 0.875. The van der Waals surface area contributed by atoms with E-state index in [1.165, 1.54) is 0 Å². The first kappa shape index (κ1) is 8.02. The van der Waals surface area contributed by atoms with Crippen molar-refractivity contribution >= 4 is 28.4 Å². The van der Waals surface area contributed by atoms with Crippen molar-refractivity contribution in [1.82, 2.24) is 0 Å². The molecule has 0 aliphatic heterocycles. The molecule has 0 radical (unpaired) electrons. The van der Waals surface area contributed by atoms with E-state index in [2.05, 4.69) is 0 Å². The number of nitrogens with two attached hydrogens (primary N) is 1. The Kier molecular flexibility index (Phi) is 1.87. The number of nitrogens with zero attached hydrogens (tertiary/aromatic N) is 1. The molecule has 2 rings (SSSR count). The lowest BCUT2D eigenvalue weighted by Crippen LogP contribution is -1.84. The van der Waals surface area contributed by atoms with E-state index in [1.54, 1.807) is 12.3 Å². The van der Waals surface area contributed by atoms with Gasteiger partial charge in [-0.2, -0.15) is 5.26 Å². The van der Waals surface area contributed by atoms with Crippen LogP contribution >= 0.6 is 11.8 Å². The van der Waals surface area contributed by atoms with Gasteiger partial charge in [-0.05, 0) is 30.0 Å². The maximum Gasteiger partial charge on any atom is 0.157 e. The van der Waals surface area contributed by atoms with Crippen LogP contribution in [0.15, 0.2) is 33.8 Å². The number of furan rings is 1. The third-order valence-electron chi connectivity index (χ3n) is 1.76. The number of thiocyanates is 1. The fraction of sp³-hybridized carbons (Fsp3) is 0. The average Bonchev–Trinajstić information content (AvgIpc) is 2.59. The Morgan fingerprint density at radius 2 is 2.23 bits per heavy atom. The fourth-order valence-electron chi connectivity index (χ4n) is 1.20.